The van der Waals surface area contributed by atoms with Crippen molar-refractivity contribution in [2.75, 3.05) is 6.61 Å². The number of H-pyrrole nitrogens is 1. The highest BCUT2D eigenvalue weighted by Gasteiger charge is 2.19. The number of rotatable bonds is 5. The molecule has 3 N–H and O–H groups in total. The topological polar surface area (TPSA) is 82.2 Å². The molecule has 5 nitrogen and oxygen atoms in total. The Balaban J connectivity index is 2.36. The zero-order valence-electron chi connectivity index (χ0n) is 12.2. The Bertz CT molecular complexity index is 693. The lowest BCUT2D eigenvalue weighted by atomic mass is 9.99. The highest BCUT2D eigenvalue weighted by molar-refractivity contribution is 6.06. The van der Waals surface area contributed by atoms with E-state index in [1.165, 1.54) is 6.20 Å². The Hall–Kier alpha value is -2.14. The number of hydrogen-bond acceptors (Lipinski definition) is 3. The molecule has 0 spiro atoms. The van der Waals surface area contributed by atoms with Crippen molar-refractivity contribution in [1.82, 2.24) is 10.3 Å². The molecule has 2 atom stereocenters. The zero-order valence-corrected chi connectivity index (χ0v) is 12.2. The van der Waals surface area contributed by atoms with Crippen LogP contribution >= 0.6 is 0 Å². The second-order valence-electron chi connectivity index (χ2n) is 5.23. The monoisotopic (exact) mass is 288 g/mol. The molecule has 2 aromatic rings. The average Bonchev–Trinajstić information content (AvgIpc) is 2.52. The highest BCUT2D eigenvalue weighted by Crippen LogP contribution is 2.15. The predicted octanol–water partition coefficient (Wildman–Crippen LogP) is 1.66. The SMILES string of the molecule is CC[C@@H](C)[C@@H](CO)NC(=O)c1c[nH]c(=O)c2ccccc12. The number of hydrogen-bond donors (Lipinski definition) is 3. The van der Waals surface area contributed by atoms with E-state index >= 15 is 0 Å². The fourth-order valence-electron chi connectivity index (χ4n) is 2.30. The largest absolute Gasteiger partial charge is 0.394 e. The summed E-state index contributed by atoms with van der Waals surface area (Å²) in [4.78, 5) is 26.8. The molecule has 112 valence electrons. The first-order valence-electron chi connectivity index (χ1n) is 7.10. The Morgan fingerprint density at radius 1 is 1.33 bits per heavy atom. The van der Waals surface area contributed by atoms with Crippen LogP contribution in [-0.4, -0.2) is 28.6 Å². The van der Waals surface area contributed by atoms with Gasteiger partial charge in [0.25, 0.3) is 11.5 Å². The van der Waals surface area contributed by atoms with Gasteiger partial charge in [-0.25, -0.2) is 0 Å². The maximum Gasteiger partial charge on any atom is 0.255 e. The molecule has 0 aliphatic carbocycles. The third-order valence-corrected chi connectivity index (χ3v) is 3.90. The van der Waals surface area contributed by atoms with Crippen molar-refractivity contribution in [3.05, 3.63) is 46.4 Å². The fourth-order valence-corrected chi connectivity index (χ4v) is 2.30. The lowest BCUT2D eigenvalue weighted by molar-refractivity contribution is 0.0893. The molecule has 0 aliphatic heterocycles. The third kappa shape index (κ3) is 3.13. The van der Waals surface area contributed by atoms with Crippen LogP contribution in [0.3, 0.4) is 0 Å². The molecular weight excluding hydrogens is 268 g/mol. The number of amides is 1. The van der Waals surface area contributed by atoms with Crippen LogP contribution < -0.4 is 10.9 Å². The van der Waals surface area contributed by atoms with Crippen molar-refractivity contribution in [1.29, 1.82) is 0 Å². The van der Waals surface area contributed by atoms with Gasteiger partial charge in [-0.05, 0) is 12.0 Å². The number of fused-ring (bicyclic) bond motifs is 1. The Morgan fingerprint density at radius 2 is 2.00 bits per heavy atom. The molecule has 1 aromatic heterocycles. The first-order valence-corrected chi connectivity index (χ1v) is 7.10. The molecule has 0 unspecified atom stereocenters. The molecule has 0 radical (unpaired) electrons. The lowest BCUT2D eigenvalue weighted by Gasteiger charge is -2.22. The summed E-state index contributed by atoms with van der Waals surface area (Å²) in [6.45, 7) is 3.88. The fraction of sp³-hybridized carbons (Fsp3) is 0.375. The minimum Gasteiger partial charge on any atom is -0.394 e. The van der Waals surface area contributed by atoms with Crippen molar-refractivity contribution in [2.24, 2.45) is 5.92 Å². The van der Waals surface area contributed by atoms with Gasteiger partial charge in [0.2, 0.25) is 0 Å². The Kier molecular flexibility index (Phi) is 4.75. The van der Waals surface area contributed by atoms with E-state index in [-0.39, 0.29) is 30.0 Å². The summed E-state index contributed by atoms with van der Waals surface area (Å²) in [5, 5.41) is 13.3. The van der Waals surface area contributed by atoms with Gasteiger partial charge in [0.15, 0.2) is 0 Å². The second-order valence-corrected chi connectivity index (χ2v) is 5.23. The molecule has 0 saturated carbocycles. The van der Waals surface area contributed by atoms with Crippen molar-refractivity contribution in [3.63, 3.8) is 0 Å². The molecule has 0 saturated heterocycles. The number of benzene rings is 1. The quantitative estimate of drug-likeness (QED) is 0.782. The van der Waals surface area contributed by atoms with Gasteiger partial charge in [-0.2, -0.15) is 0 Å². The molecule has 2 rings (SSSR count). The average molecular weight is 288 g/mol. The van der Waals surface area contributed by atoms with Gasteiger partial charge >= 0.3 is 0 Å². The second kappa shape index (κ2) is 6.54. The Morgan fingerprint density at radius 3 is 2.62 bits per heavy atom. The van der Waals surface area contributed by atoms with E-state index in [0.29, 0.717) is 16.3 Å². The van der Waals surface area contributed by atoms with Crippen LogP contribution in [-0.2, 0) is 0 Å². The summed E-state index contributed by atoms with van der Waals surface area (Å²) in [5.74, 6) is -0.116. The number of carbonyl (C=O) groups is 1. The summed E-state index contributed by atoms with van der Waals surface area (Å²) >= 11 is 0. The number of aliphatic hydroxyl groups is 1. The third-order valence-electron chi connectivity index (χ3n) is 3.90. The molecular formula is C16H20N2O3. The first kappa shape index (κ1) is 15.3. The number of aliphatic hydroxyl groups excluding tert-OH is 1. The summed E-state index contributed by atoms with van der Waals surface area (Å²) in [6.07, 6.45) is 2.28. The number of aromatic amines is 1. The number of nitrogens with one attached hydrogen (secondary N) is 2. The van der Waals surface area contributed by atoms with Gasteiger partial charge in [0.05, 0.1) is 18.2 Å². The van der Waals surface area contributed by atoms with E-state index in [9.17, 15) is 14.7 Å². The van der Waals surface area contributed by atoms with E-state index < -0.39 is 0 Å². The van der Waals surface area contributed by atoms with Gasteiger partial charge in [-0.3, -0.25) is 9.59 Å². The van der Waals surface area contributed by atoms with Crippen molar-refractivity contribution in [2.45, 2.75) is 26.3 Å². The molecule has 0 aliphatic rings. The normalized spacial score (nSPS) is 13.9. The minimum absolute atomic E-state index is 0.109. The molecule has 1 heterocycles. The molecule has 21 heavy (non-hydrogen) atoms. The predicted molar refractivity (Wildman–Crippen MR) is 82.4 cm³/mol. The molecule has 0 fully saturated rings. The smallest absolute Gasteiger partial charge is 0.255 e. The summed E-state index contributed by atoms with van der Waals surface area (Å²) < 4.78 is 0. The minimum atomic E-state index is -0.298. The van der Waals surface area contributed by atoms with Crippen molar-refractivity contribution in [3.8, 4) is 0 Å². The standard InChI is InChI=1S/C16H20N2O3/c1-3-10(2)14(9-19)18-16(21)13-8-17-15(20)12-7-5-4-6-11(12)13/h4-8,10,14,19H,3,9H2,1-2H3,(H,17,20)(H,18,21)/t10-,14-/m1/s1. The number of aromatic nitrogens is 1. The maximum absolute atomic E-state index is 12.4. The summed E-state index contributed by atoms with van der Waals surface area (Å²) in [6, 6.07) is 6.68. The highest BCUT2D eigenvalue weighted by atomic mass is 16.3. The maximum atomic E-state index is 12.4. The van der Waals surface area contributed by atoms with E-state index in [4.69, 9.17) is 0 Å². The number of pyridine rings is 1. The molecule has 1 aromatic carbocycles. The van der Waals surface area contributed by atoms with Gasteiger partial charge < -0.3 is 15.4 Å². The molecule has 0 bridgehead atoms. The van der Waals surface area contributed by atoms with Gasteiger partial charge in [0, 0.05) is 17.0 Å². The van der Waals surface area contributed by atoms with Crippen LogP contribution in [0.1, 0.15) is 30.6 Å². The van der Waals surface area contributed by atoms with E-state index in [1.54, 1.807) is 24.3 Å². The van der Waals surface area contributed by atoms with Crippen molar-refractivity contribution >= 4 is 16.7 Å². The van der Waals surface area contributed by atoms with Crippen LogP contribution in [0.15, 0.2) is 35.3 Å². The summed E-state index contributed by atoms with van der Waals surface area (Å²) in [7, 11) is 0. The van der Waals surface area contributed by atoms with Crippen molar-refractivity contribution < 1.29 is 9.90 Å². The zero-order chi connectivity index (χ0) is 15.4. The van der Waals surface area contributed by atoms with Gasteiger partial charge in [-0.1, -0.05) is 38.5 Å². The number of carbonyl (C=O) groups excluding carboxylic acids is 1. The van der Waals surface area contributed by atoms with Crippen LogP contribution in [0.2, 0.25) is 0 Å². The first-order chi connectivity index (χ1) is 10.1. The van der Waals surface area contributed by atoms with Crippen LogP contribution in [0.4, 0.5) is 0 Å². The molecule has 5 heteroatoms. The van der Waals surface area contributed by atoms with E-state index in [0.717, 1.165) is 6.42 Å². The molecule has 1 amide bonds. The van der Waals surface area contributed by atoms with E-state index in [1.807, 2.05) is 13.8 Å². The van der Waals surface area contributed by atoms with Crippen LogP contribution in [0.5, 0.6) is 0 Å². The van der Waals surface area contributed by atoms with E-state index in [2.05, 4.69) is 10.3 Å². The van der Waals surface area contributed by atoms with Gasteiger partial charge in [-0.15, -0.1) is 0 Å². The lowest BCUT2D eigenvalue weighted by Crippen LogP contribution is -2.42. The van der Waals surface area contributed by atoms with Crippen LogP contribution in [0.25, 0.3) is 10.8 Å². The van der Waals surface area contributed by atoms with Gasteiger partial charge in [0.1, 0.15) is 0 Å². The Labute approximate surface area is 123 Å². The summed E-state index contributed by atoms with van der Waals surface area (Å²) in [5.41, 5.74) is 0.190. The van der Waals surface area contributed by atoms with Crippen LogP contribution in [0, 0.1) is 5.92 Å².